The SMILES string of the molecule is CN=C(NCC1(c2ccc3c(c2)OCO3)CCOCC1)NC1CN(C(=O)OC(C)(C)C)C1. The number of guanidine groups is 1. The summed E-state index contributed by atoms with van der Waals surface area (Å²) in [4.78, 5) is 18.2. The van der Waals surface area contributed by atoms with Gasteiger partial charge in [0.1, 0.15) is 5.60 Å². The molecule has 9 nitrogen and oxygen atoms in total. The number of nitrogens with zero attached hydrogens (tertiary/aromatic N) is 2. The standard InChI is InChI=1S/C23H34N4O5/c1-22(2,3)32-21(28)27-12-17(13-27)26-20(24-4)25-14-23(7-9-29-10-8-23)16-5-6-18-19(11-16)31-15-30-18/h5-6,11,17H,7-10,12-15H2,1-4H3,(H2,24,25,26). The number of rotatable bonds is 4. The predicted molar refractivity (Wildman–Crippen MR) is 120 cm³/mol. The van der Waals surface area contributed by atoms with Crippen molar-refractivity contribution in [2.24, 2.45) is 4.99 Å². The van der Waals surface area contributed by atoms with E-state index in [1.54, 1.807) is 11.9 Å². The zero-order valence-corrected chi connectivity index (χ0v) is 19.4. The molecule has 0 saturated carbocycles. The van der Waals surface area contributed by atoms with Gasteiger partial charge < -0.3 is 34.5 Å². The minimum absolute atomic E-state index is 0.0843. The van der Waals surface area contributed by atoms with Crippen molar-refractivity contribution < 1.29 is 23.7 Å². The second-order valence-corrected chi connectivity index (χ2v) is 9.61. The number of ether oxygens (including phenoxy) is 4. The summed E-state index contributed by atoms with van der Waals surface area (Å²) in [5.74, 6) is 2.32. The molecule has 32 heavy (non-hydrogen) atoms. The maximum Gasteiger partial charge on any atom is 0.410 e. The summed E-state index contributed by atoms with van der Waals surface area (Å²) in [5, 5.41) is 6.92. The lowest BCUT2D eigenvalue weighted by Crippen LogP contribution is -2.63. The Balaban J connectivity index is 1.34. The van der Waals surface area contributed by atoms with Crippen LogP contribution in [0.5, 0.6) is 11.5 Å². The smallest absolute Gasteiger partial charge is 0.410 e. The van der Waals surface area contributed by atoms with Crippen molar-refractivity contribution in [2.45, 2.75) is 50.7 Å². The van der Waals surface area contributed by atoms with Crippen LogP contribution in [0.4, 0.5) is 4.79 Å². The fourth-order valence-electron chi connectivity index (χ4n) is 4.24. The highest BCUT2D eigenvalue weighted by atomic mass is 16.7. The second-order valence-electron chi connectivity index (χ2n) is 9.61. The topological polar surface area (TPSA) is 93.7 Å². The van der Waals surface area contributed by atoms with Crippen molar-refractivity contribution in [2.75, 3.05) is 46.7 Å². The molecule has 0 aliphatic carbocycles. The summed E-state index contributed by atoms with van der Waals surface area (Å²) < 4.78 is 22.2. The van der Waals surface area contributed by atoms with Crippen molar-refractivity contribution in [1.82, 2.24) is 15.5 Å². The highest BCUT2D eigenvalue weighted by Gasteiger charge is 2.37. The third-order valence-corrected chi connectivity index (χ3v) is 6.13. The van der Waals surface area contributed by atoms with Crippen LogP contribution in [0.3, 0.4) is 0 Å². The number of amides is 1. The van der Waals surface area contributed by atoms with Crippen LogP contribution >= 0.6 is 0 Å². The number of hydrogen-bond donors (Lipinski definition) is 2. The number of carbonyl (C=O) groups excluding carboxylic acids is 1. The highest BCUT2D eigenvalue weighted by Crippen LogP contribution is 2.40. The van der Waals surface area contributed by atoms with Gasteiger partial charge >= 0.3 is 6.09 Å². The molecule has 3 heterocycles. The van der Waals surface area contributed by atoms with Gasteiger partial charge in [0, 0.05) is 45.3 Å². The third-order valence-electron chi connectivity index (χ3n) is 6.13. The van der Waals surface area contributed by atoms with Gasteiger partial charge in [-0.25, -0.2) is 4.79 Å². The summed E-state index contributed by atoms with van der Waals surface area (Å²) >= 11 is 0. The average Bonchev–Trinajstić information content (AvgIpc) is 3.19. The molecule has 4 rings (SSSR count). The van der Waals surface area contributed by atoms with Crippen LogP contribution in [0, 0.1) is 0 Å². The number of benzene rings is 1. The fourth-order valence-corrected chi connectivity index (χ4v) is 4.24. The van der Waals surface area contributed by atoms with Crippen LogP contribution in [0.25, 0.3) is 0 Å². The maximum absolute atomic E-state index is 12.2. The van der Waals surface area contributed by atoms with Crippen LogP contribution in [-0.4, -0.2) is 75.3 Å². The minimum atomic E-state index is -0.486. The van der Waals surface area contributed by atoms with Gasteiger partial charge in [-0.1, -0.05) is 6.07 Å². The first kappa shape index (κ1) is 22.5. The summed E-state index contributed by atoms with van der Waals surface area (Å²) in [6.45, 7) is 9.23. The Morgan fingerprint density at radius 3 is 2.62 bits per heavy atom. The average molecular weight is 447 g/mol. The Labute approximate surface area is 189 Å². The van der Waals surface area contributed by atoms with Crippen LogP contribution < -0.4 is 20.1 Å². The van der Waals surface area contributed by atoms with Gasteiger partial charge in [0.15, 0.2) is 17.5 Å². The molecule has 0 aromatic heterocycles. The molecule has 1 aromatic rings. The molecule has 1 amide bonds. The van der Waals surface area contributed by atoms with E-state index in [1.165, 1.54) is 5.56 Å². The molecule has 3 aliphatic rings. The van der Waals surface area contributed by atoms with Gasteiger partial charge in [0.25, 0.3) is 0 Å². The summed E-state index contributed by atoms with van der Waals surface area (Å²) in [7, 11) is 1.76. The van der Waals surface area contributed by atoms with Crippen molar-refractivity contribution >= 4 is 12.1 Å². The summed E-state index contributed by atoms with van der Waals surface area (Å²) in [6, 6.07) is 6.35. The van der Waals surface area contributed by atoms with Crippen molar-refractivity contribution in [3.63, 3.8) is 0 Å². The summed E-state index contributed by atoms with van der Waals surface area (Å²) in [5.41, 5.74) is 0.645. The molecule has 1 aromatic carbocycles. The number of aliphatic imine (C=N–C) groups is 1. The molecule has 2 saturated heterocycles. The number of likely N-dealkylation sites (tertiary alicyclic amines) is 1. The Morgan fingerprint density at radius 1 is 1.22 bits per heavy atom. The number of hydrogen-bond acceptors (Lipinski definition) is 6. The molecule has 176 valence electrons. The third kappa shape index (κ3) is 5.03. The number of carbonyl (C=O) groups is 1. The monoisotopic (exact) mass is 446 g/mol. The molecule has 0 unspecified atom stereocenters. The Bertz CT molecular complexity index is 854. The minimum Gasteiger partial charge on any atom is -0.454 e. The molecule has 2 N–H and O–H groups in total. The van der Waals surface area contributed by atoms with Crippen molar-refractivity contribution in [3.05, 3.63) is 23.8 Å². The van der Waals surface area contributed by atoms with E-state index in [-0.39, 0.29) is 24.3 Å². The number of fused-ring (bicyclic) bond motifs is 1. The molecule has 2 fully saturated rings. The van der Waals surface area contributed by atoms with Crippen LogP contribution in [0.1, 0.15) is 39.2 Å². The van der Waals surface area contributed by atoms with E-state index < -0.39 is 5.60 Å². The van der Waals surface area contributed by atoms with E-state index in [1.807, 2.05) is 26.8 Å². The molecule has 9 heteroatoms. The zero-order chi connectivity index (χ0) is 22.8. The van der Waals surface area contributed by atoms with Gasteiger partial charge in [0.2, 0.25) is 6.79 Å². The molecular formula is C23H34N4O5. The number of nitrogens with one attached hydrogen (secondary N) is 2. The summed E-state index contributed by atoms with van der Waals surface area (Å²) in [6.07, 6.45) is 1.54. The molecule has 0 bridgehead atoms. The van der Waals surface area contributed by atoms with Gasteiger partial charge in [-0.3, -0.25) is 4.99 Å². The van der Waals surface area contributed by atoms with Crippen LogP contribution in [0.2, 0.25) is 0 Å². The van der Waals surface area contributed by atoms with Crippen molar-refractivity contribution in [1.29, 1.82) is 0 Å². The molecule has 3 aliphatic heterocycles. The lowest BCUT2D eigenvalue weighted by Gasteiger charge is -2.41. The van der Waals surface area contributed by atoms with Gasteiger partial charge in [-0.15, -0.1) is 0 Å². The quantitative estimate of drug-likeness (QED) is 0.541. The van der Waals surface area contributed by atoms with Crippen LogP contribution in [-0.2, 0) is 14.9 Å². The van der Waals surface area contributed by atoms with E-state index in [4.69, 9.17) is 18.9 Å². The molecule has 0 atom stereocenters. The van der Waals surface area contributed by atoms with E-state index in [0.717, 1.165) is 50.1 Å². The lowest BCUT2D eigenvalue weighted by molar-refractivity contribution is 0.00699. The van der Waals surface area contributed by atoms with Gasteiger partial charge in [-0.05, 0) is 51.3 Å². The van der Waals surface area contributed by atoms with E-state index in [9.17, 15) is 4.79 Å². The second kappa shape index (κ2) is 9.05. The molecule has 0 radical (unpaired) electrons. The van der Waals surface area contributed by atoms with E-state index in [0.29, 0.717) is 13.1 Å². The first-order chi connectivity index (χ1) is 15.3. The van der Waals surface area contributed by atoms with E-state index in [2.05, 4.69) is 27.8 Å². The molecule has 0 spiro atoms. The van der Waals surface area contributed by atoms with E-state index >= 15 is 0 Å². The van der Waals surface area contributed by atoms with Gasteiger partial charge in [-0.2, -0.15) is 0 Å². The zero-order valence-electron chi connectivity index (χ0n) is 19.4. The Kier molecular flexibility index (Phi) is 6.37. The van der Waals surface area contributed by atoms with Crippen LogP contribution in [0.15, 0.2) is 23.2 Å². The lowest BCUT2D eigenvalue weighted by atomic mass is 9.74. The predicted octanol–water partition coefficient (Wildman–Crippen LogP) is 2.25. The largest absolute Gasteiger partial charge is 0.454 e. The van der Waals surface area contributed by atoms with Gasteiger partial charge in [0.05, 0.1) is 6.04 Å². The Morgan fingerprint density at radius 2 is 1.94 bits per heavy atom. The highest BCUT2D eigenvalue weighted by molar-refractivity contribution is 5.80. The molecular weight excluding hydrogens is 412 g/mol. The Hall–Kier alpha value is -2.68. The maximum atomic E-state index is 12.2. The van der Waals surface area contributed by atoms with Crippen molar-refractivity contribution in [3.8, 4) is 11.5 Å². The first-order valence-corrected chi connectivity index (χ1v) is 11.2. The first-order valence-electron chi connectivity index (χ1n) is 11.2. The normalized spacial score (nSPS) is 20.5. The fraction of sp³-hybridized carbons (Fsp3) is 0.652.